The van der Waals surface area contributed by atoms with Gasteiger partial charge in [0.15, 0.2) is 0 Å². The highest BCUT2D eigenvalue weighted by atomic mass is 32.2. The van der Waals surface area contributed by atoms with E-state index >= 15 is 0 Å². The standard InChI is InChI=1S/C12H17N3O4S/c1-3-6-14-8-12(16)15-10-7-9(20(13,17)18)4-5-11(10)19-2/h3-5,7,14H,1,6,8H2,2H3,(H,15,16)(H2,13,17,18). The summed E-state index contributed by atoms with van der Waals surface area (Å²) >= 11 is 0. The number of carbonyl (C=O) groups is 1. The van der Waals surface area contributed by atoms with Crippen molar-refractivity contribution in [3.63, 3.8) is 0 Å². The lowest BCUT2D eigenvalue weighted by Crippen LogP contribution is -2.28. The number of anilines is 1. The van der Waals surface area contributed by atoms with Crippen LogP contribution in [0.25, 0.3) is 0 Å². The summed E-state index contributed by atoms with van der Waals surface area (Å²) in [6, 6.07) is 3.98. The number of hydrogen-bond acceptors (Lipinski definition) is 5. The summed E-state index contributed by atoms with van der Waals surface area (Å²) in [6.45, 7) is 4.06. The summed E-state index contributed by atoms with van der Waals surface area (Å²) in [5.74, 6) is 0.00573. The van der Waals surface area contributed by atoms with Gasteiger partial charge in [-0.2, -0.15) is 0 Å². The van der Waals surface area contributed by atoms with E-state index in [2.05, 4.69) is 17.2 Å². The molecule has 0 spiro atoms. The second kappa shape index (κ2) is 7.04. The number of sulfonamides is 1. The average molecular weight is 299 g/mol. The topological polar surface area (TPSA) is 111 Å². The summed E-state index contributed by atoms with van der Waals surface area (Å²) in [5.41, 5.74) is 0.240. The lowest BCUT2D eigenvalue weighted by Gasteiger charge is -2.11. The first-order chi connectivity index (χ1) is 9.38. The first-order valence-corrected chi connectivity index (χ1v) is 7.25. The highest BCUT2D eigenvalue weighted by Gasteiger charge is 2.13. The highest BCUT2D eigenvalue weighted by molar-refractivity contribution is 7.89. The van der Waals surface area contributed by atoms with Crippen LogP contribution in [0, 0.1) is 0 Å². The Kier molecular flexibility index (Phi) is 5.68. The maximum Gasteiger partial charge on any atom is 0.238 e. The number of amides is 1. The Labute approximate surface area is 117 Å². The Morgan fingerprint density at radius 2 is 2.20 bits per heavy atom. The van der Waals surface area contributed by atoms with E-state index in [4.69, 9.17) is 9.88 Å². The van der Waals surface area contributed by atoms with Crippen molar-refractivity contribution >= 4 is 21.6 Å². The molecule has 0 aromatic heterocycles. The van der Waals surface area contributed by atoms with Crippen LogP contribution in [0.2, 0.25) is 0 Å². The smallest absolute Gasteiger partial charge is 0.238 e. The van der Waals surface area contributed by atoms with Crippen molar-refractivity contribution in [1.82, 2.24) is 5.32 Å². The zero-order valence-electron chi connectivity index (χ0n) is 11.0. The van der Waals surface area contributed by atoms with Crippen LogP contribution in [0.15, 0.2) is 35.7 Å². The molecule has 1 aromatic carbocycles. The third kappa shape index (κ3) is 4.65. The van der Waals surface area contributed by atoms with Crippen LogP contribution in [-0.4, -0.2) is 34.5 Å². The molecule has 1 amide bonds. The zero-order valence-corrected chi connectivity index (χ0v) is 11.9. The molecule has 0 heterocycles. The highest BCUT2D eigenvalue weighted by Crippen LogP contribution is 2.26. The van der Waals surface area contributed by atoms with Crippen LogP contribution in [0.1, 0.15) is 0 Å². The van der Waals surface area contributed by atoms with Gasteiger partial charge in [-0.15, -0.1) is 6.58 Å². The van der Waals surface area contributed by atoms with Crippen LogP contribution in [0.4, 0.5) is 5.69 Å². The molecule has 0 saturated carbocycles. The maximum absolute atomic E-state index is 11.7. The fourth-order valence-corrected chi connectivity index (χ4v) is 1.98. The largest absolute Gasteiger partial charge is 0.495 e. The van der Waals surface area contributed by atoms with Crippen molar-refractivity contribution in [1.29, 1.82) is 0 Å². The van der Waals surface area contributed by atoms with Crippen molar-refractivity contribution in [2.24, 2.45) is 5.14 Å². The summed E-state index contributed by atoms with van der Waals surface area (Å²) in [5, 5.41) is 10.4. The number of hydrogen-bond donors (Lipinski definition) is 3. The van der Waals surface area contributed by atoms with Crippen LogP contribution >= 0.6 is 0 Å². The Balaban J connectivity index is 2.91. The third-order valence-electron chi connectivity index (χ3n) is 2.35. The van der Waals surface area contributed by atoms with E-state index in [1.807, 2.05) is 0 Å². The fraction of sp³-hybridized carbons (Fsp3) is 0.250. The molecule has 0 radical (unpaired) electrons. The van der Waals surface area contributed by atoms with Crippen molar-refractivity contribution < 1.29 is 17.9 Å². The molecular weight excluding hydrogens is 282 g/mol. The van der Waals surface area contributed by atoms with Gasteiger partial charge < -0.3 is 15.4 Å². The molecule has 1 rings (SSSR count). The summed E-state index contributed by atoms with van der Waals surface area (Å²) < 4.78 is 27.6. The van der Waals surface area contributed by atoms with Crippen LogP contribution in [0.5, 0.6) is 5.75 Å². The van der Waals surface area contributed by atoms with Gasteiger partial charge in [-0.1, -0.05) is 6.08 Å². The van der Waals surface area contributed by atoms with Crippen LogP contribution in [-0.2, 0) is 14.8 Å². The molecule has 0 aliphatic carbocycles. The zero-order chi connectivity index (χ0) is 15.2. The Hall–Kier alpha value is -1.90. The van der Waals surface area contributed by atoms with Crippen molar-refractivity contribution in [2.45, 2.75) is 4.90 Å². The van der Waals surface area contributed by atoms with Gasteiger partial charge in [0.25, 0.3) is 0 Å². The van der Waals surface area contributed by atoms with E-state index in [1.165, 1.54) is 25.3 Å². The summed E-state index contributed by atoms with van der Waals surface area (Å²) in [6.07, 6.45) is 1.62. The van der Waals surface area contributed by atoms with E-state index in [0.29, 0.717) is 12.3 Å². The second-order valence-electron chi connectivity index (χ2n) is 3.87. The van der Waals surface area contributed by atoms with Gasteiger partial charge in [0.05, 0.1) is 24.2 Å². The van der Waals surface area contributed by atoms with Gasteiger partial charge in [0, 0.05) is 6.54 Å². The number of rotatable bonds is 7. The number of nitrogens with one attached hydrogen (secondary N) is 2. The van der Waals surface area contributed by atoms with E-state index in [0.717, 1.165) is 0 Å². The molecular formula is C12H17N3O4S. The Morgan fingerprint density at radius 1 is 1.50 bits per heavy atom. The molecule has 0 atom stereocenters. The molecule has 4 N–H and O–H groups in total. The Morgan fingerprint density at radius 3 is 2.75 bits per heavy atom. The third-order valence-corrected chi connectivity index (χ3v) is 3.26. The first-order valence-electron chi connectivity index (χ1n) is 5.70. The second-order valence-corrected chi connectivity index (χ2v) is 5.44. The molecule has 20 heavy (non-hydrogen) atoms. The van der Waals surface area contributed by atoms with Gasteiger partial charge in [-0.3, -0.25) is 4.79 Å². The Bertz CT molecular complexity index is 599. The van der Waals surface area contributed by atoms with Crippen molar-refractivity contribution in [2.75, 3.05) is 25.5 Å². The number of nitrogens with two attached hydrogens (primary N) is 1. The lowest BCUT2D eigenvalue weighted by atomic mass is 10.3. The number of primary sulfonamides is 1. The van der Waals surface area contributed by atoms with Crippen molar-refractivity contribution in [3.8, 4) is 5.75 Å². The van der Waals surface area contributed by atoms with E-state index < -0.39 is 10.0 Å². The number of carbonyl (C=O) groups excluding carboxylic acids is 1. The van der Waals surface area contributed by atoms with Gasteiger partial charge in [0.1, 0.15) is 5.75 Å². The molecule has 1 aromatic rings. The minimum absolute atomic E-state index is 0.0643. The molecule has 7 nitrogen and oxygen atoms in total. The van der Waals surface area contributed by atoms with E-state index in [1.54, 1.807) is 6.08 Å². The first kappa shape index (κ1) is 16.2. The molecule has 110 valence electrons. The molecule has 0 saturated heterocycles. The summed E-state index contributed by atoms with van der Waals surface area (Å²) in [4.78, 5) is 11.6. The predicted molar refractivity (Wildman–Crippen MR) is 76.1 cm³/mol. The van der Waals surface area contributed by atoms with E-state index in [-0.39, 0.29) is 23.0 Å². The minimum Gasteiger partial charge on any atom is -0.495 e. The van der Waals surface area contributed by atoms with E-state index in [9.17, 15) is 13.2 Å². The molecule has 0 fully saturated rings. The number of ether oxygens (including phenoxy) is 1. The van der Waals surface area contributed by atoms with Crippen LogP contribution < -0.4 is 20.5 Å². The normalized spacial score (nSPS) is 10.9. The van der Waals surface area contributed by atoms with Gasteiger partial charge >= 0.3 is 0 Å². The molecule has 8 heteroatoms. The molecule has 0 bridgehead atoms. The number of methoxy groups -OCH3 is 1. The maximum atomic E-state index is 11.7. The van der Waals surface area contributed by atoms with Gasteiger partial charge in [-0.25, -0.2) is 13.6 Å². The number of benzene rings is 1. The molecule has 0 unspecified atom stereocenters. The minimum atomic E-state index is -3.84. The predicted octanol–water partition coefficient (Wildman–Crippen LogP) is 0.0567. The van der Waals surface area contributed by atoms with Crippen molar-refractivity contribution in [3.05, 3.63) is 30.9 Å². The molecule has 0 aliphatic heterocycles. The molecule has 0 aliphatic rings. The van der Waals surface area contributed by atoms with Gasteiger partial charge in [-0.05, 0) is 18.2 Å². The van der Waals surface area contributed by atoms with Crippen LogP contribution in [0.3, 0.4) is 0 Å². The quantitative estimate of drug-likeness (QED) is 0.487. The van der Waals surface area contributed by atoms with Gasteiger partial charge in [0.2, 0.25) is 15.9 Å². The average Bonchev–Trinajstić information content (AvgIpc) is 2.38. The fourth-order valence-electron chi connectivity index (χ4n) is 1.44. The summed E-state index contributed by atoms with van der Waals surface area (Å²) in [7, 11) is -2.43. The lowest BCUT2D eigenvalue weighted by molar-refractivity contribution is -0.115. The monoisotopic (exact) mass is 299 g/mol. The SMILES string of the molecule is C=CCNCC(=O)Nc1cc(S(N)(=O)=O)ccc1OC.